The lowest BCUT2D eigenvalue weighted by atomic mass is 10.0. The molecule has 1 N–H and O–H groups in total. The van der Waals surface area contributed by atoms with E-state index < -0.39 is 0 Å². The summed E-state index contributed by atoms with van der Waals surface area (Å²) >= 11 is 0. The fraction of sp³-hybridized carbons (Fsp3) is 0.286. The van der Waals surface area contributed by atoms with Crippen LogP contribution in [0, 0.1) is 11.3 Å². The van der Waals surface area contributed by atoms with Gasteiger partial charge in [-0.2, -0.15) is 10.4 Å². The van der Waals surface area contributed by atoms with Crippen molar-refractivity contribution in [2.75, 3.05) is 24.6 Å². The first kappa shape index (κ1) is 18.5. The lowest BCUT2D eigenvalue weighted by molar-refractivity contribution is -0.119. The molecule has 0 spiro atoms. The van der Waals surface area contributed by atoms with Crippen LogP contribution in [-0.4, -0.2) is 31.3 Å². The summed E-state index contributed by atoms with van der Waals surface area (Å²) in [7, 11) is 0. The summed E-state index contributed by atoms with van der Waals surface area (Å²) in [5.74, 6) is 0.487. The van der Waals surface area contributed by atoms with Crippen molar-refractivity contribution in [3.63, 3.8) is 0 Å². The maximum absolute atomic E-state index is 12.3. The van der Waals surface area contributed by atoms with E-state index in [0.717, 1.165) is 30.6 Å². The van der Waals surface area contributed by atoms with E-state index in [1.807, 2.05) is 37.3 Å². The van der Waals surface area contributed by atoms with Gasteiger partial charge in [-0.1, -0.05) is 18.2 Å². The highest BCUT2D eigenvalue weighted by Gasteiger charge is 2.18. The standard InChI is InChI=1S/C21H22N4O2/c1-16(17-8-10-19(11-9-17)27-14-12-22)23-24-21(26)15-25-13-4-6-18-5-2-3-7-20(18)25/h2-3,5,7-11H,4,6,13-15H2,1H3,(H,24,26)/b23-16-. The van der Waals surface area contributed by atoms with Crippen molar-refractivity contribution in [1.82, 2.24) is 5.43 Å². The van der Waals surface area contributed by atoms with Gasteiger partial charge in [-0.15, -0.1) is 0 Å². The van der Waals surface area contributed by atoms with Gasteiger partial charge in [-0.05, 0) is 61.2 Å². The fourth-order valence-corrected chi connectivity index (χ4v) is 3.10. The molecule has 138 valence electrons. The number of hydrazone groups is 1. The predicted octanol–water partition coefficient (Wildman–Crippen LogP) is 2.88. The van der Waals surface area contributed by atoms with Crippen molar-refractivity contribution in [2.45, 2.75) is 19.8 Å². The number of amides is 1. The number of rotatable bonds is 6. The fourth-order valence-electron chi connectivity index (χ4n) is 3.10. The Balaban J connectivity index is 1.57. The molecule has 1 aliphatic heterocycles. The molecule has 0 radical (unpaired) electrons. The summed E-state index contributed by atoms with van der Waals surface area (Å²) in [6.45, 7) is 3.01. The quantitative estimate of drug-likeness (QED) is 0.633. The molecule has 0 bridgehead atoms. The van der Waals surface area contributed by atoms with Crippen molar-refractivity contribution in [1.29, 1.82) is 5.26 Å². The summed E-state index contributed by atoms with van der Waals surface area (Å²) in [5, 5.41) is 12.7. The number of carbonyl (C=O) groups excluding carboxylic acids is 1. The van der Waals surface area contributed by atoms with Gasteiger partial charge in [-0.3, -0.25) is 4.79 Å². The van der Waals surface area contributed by atoms with Gasteiger partial charge in [0.1, 0.15) is 11.8 Å². The van der Waals surface area contributed by atoms with Crippen molar-refractivity contribution in [3.05, 3.63) is 59.7 Å². The molecular weight excluding hydrogens is 340 g/mol. The Kier molecular flexibility index (Phi) is 6.06. The molecule has 6 nitrogen and oxygen atoms in total. The summed E-state index contributed by atoms with van der Waals surface area (Å²) in [4.78, 5) is 14.4. The van der Waals surface area contributed by atoms with Gasteiger partial charge >= 0.3 is 0 Å². The zero-order chi connectivity index (χ0) is 19.1. The summed E-state index contributed by atoms with van der Waals surface area (Å²) < 4.78 is 5.23. The van der Waals surface area contributed by atoms with E-state index >= 15 is 0 Å². The smallest absolute Gasteiger partial charge is 0.259 e. The van der Waals surface area contributed by atoms with Crippen LogP contribution in [0.3, 0.4) is 0 Å². The van der Waals surface area contributed by atoms with Crippen LogP contribution in [0.25, 0.3) is 0 Å². The number of hydrogen-bond donors (Lipinski definition) is 1. The highest BCUT2D eigenvalue weighted by atomic mass is 16.5. The number of nitrogens with zero attached hydrogens (tertiary/aromatic N) is 3. The predicted molar refractivity (Wildman–Crippen MR) is 105 cm³/mol. The maximum Gasteiger partial charge on any atom is 0.259 e. The molecular formula is C21H22N4O2. The van der Waals surface area contributed by atoms with E-state index in [1.165, 1.54) is 5.56 Å². The van der Waals surface area contributed by atoms with Gasteiger partial charge in [0, 0.05) is 12.2 Å². The number of ether oxygens (including phenoxy) is 1. The molecule has 1 heterocycles. The Morgan fingerprint density at radius 2 is 2.04 bits per heavy atom. The molecule has 3 rings (SSSR count). The van der Waals surface area contributed by atoms with E-state index in [9.17, 15) is 4.79 Å². The molecule has 2 aromatic rings. The Morgan fingerprint density at radius 3 is 2.81 bits per heavy atom. The number of hydrogen-bond acceptors (Lipinski definition) is 5. The van der Waals surface area contributed by atoms with Crippen LogP contribution in [0.5, 0.6) is 5.75 Å². The lowest BCUT2D eigenvalue weighted by Gasteiger charge is -2.30. The Labute approximate surface area is 159 Å². The van der Waals surface area contributed by atoms with Crippen LogP contribution in [0.2, 0.25) is 0 Å². The Morgan fingerprint density at radius 1 is 1.26 bits per heavy atom. The van der Waals surface area contributed by atoms with E-state index in [-0.39, 0.29) is 19.1 Å². The number of para-hydroxylation sites is 1. The van der Waals surface area contributed by atoms with Gasteiger partial charge in [0.2, 0.25) is 0 Å². The molecule has 1 aliphatic rings. The van der Waals surface area contributed by atoms with Crippen LogP contribution in [0.15, 0.2) is 53.6 Å². The molecule has 0 aromatic heterocycles. The Hall–Kier alpha value is -3.33. The van der Waals surface area contributed by atoms with Gasteiger partial charge < -0.3 is 9.64 Å². The molecule has 27 heavy (non-hydrogen) atoms. The summed E-state index contributed by atoms with van der Waals surface area (Å²) in [6.07, 6.45) is 2.10. The molecule has 0 atom stereocenters. The van der Waals surface area contributed by atoms with E-state index in [2.05, 4.69) is 27.6 Å². The summed E-state index contributed by atoms with van der Waals surface area (Å²) in [5.41, 5.74) is 6.64. The van der Waals surface area contributed by atoms with E-state index in [0.29, 0.717) is 11.5 Å². The van der Waals surface area contributed by atoms with Crippen molar-refractivity contribution >= 4 is 17.3 Å². The molecule has 0 saturated carbocycles. The molecule has 0 fully saturated rings. The second kappa shape index (κ2) is 8.86. The lowest BCUT2D eigenvalue weighted by Crippen LogP contribution is -2.38. The third kappa shape index (κ3) is 4.85. The first-order valence-electron chi connectivity index (χ1n) is 8.93. The zero-order valence-corrected chi connectivity index (χ0v) is 15.3. The average molecular weight is 362 g/mol. The second-order valence-corrected chi connectivity index (χ2v) is 6.36. The highest BCUT2D eigenvalue weighted by molar-refractivity contribution is 5.99. The molecule has 0 unspecified atom stereocenters. The Bertz CT molecular complexity index is 868. The number of nitriles is 1. The minimum absolute atomic E-state index is 0.0160. The first-order chi connectivity index (χ1) is 13.2. The van der Waals surface area contributed by atoms with E-state index in [1.54, 1.807) is 12.1 Å². The second-order valence-electron chi connectivity index (χ2n) is 6.36. The van der Waals surface area contributed by atoms with E-state index in [4.69, 9.17) is 10.00 Å². The molecule has 2 aromatic carbocycles. The molecule has 0 saturated heterocycles. The van der Waals surface area contributed by atoms with Crippen molar-refractivity contribution in [2.24, 2.45) is 5.10 Å². The maximum atomic E-state index is 12.3. The van der Waals surface area contributed by atoms with Crippen LogP contribution in [0.1, 0.15) is 24.5 Å². The number of benzene rings is 2. The molecule has 1 amide bonds. The minimum Gasteiger partial charge on any atom is -0.479 e. The van der Waals surface area contributed by atoms with Crippen LogP contribution >= 0.6 is 0 Å². The third-order valence-electron chi connectivity index (χ3n) is 4.46. The highest BCUT2D eigenvalue weighted by Crippen LogP contribution is 2.26. The van der Waals surface area contributed by atoms with Crippen LogP contribution < -0.4 is 15.1 Å². The zero-order valence-electron chi connectivity index (χ0n) is 15.3. The topological polar surface area (TPSA) is 77.7 Å². The minimum atomic E-state index is -0.139. The van der Waals surface area contributed by atoms with Gasteiger partial charge in [0.25, 0.3) is 5.91 Å². The number of nitrogens with one attached hydrogen (secondary N) is 1. The third-order valence-corrected chi connectivity index (χ3v) is 4.46. The van der Waals surface area contributed by atoms with Gasteiger partial charge in [0.05, 0.1) is 12.3 Å². The average Bonchev–Trinajstić information content (AvgIpc) is 2.71. The number of fused-ring (bicyclic) bond motifs is 1. The van der Waals surface area contributed by atoms with Crippen LogP contribution in [0.4, 0.5) is 5.69 Å². The van der Waals surface area contributed by atoms with Gasteiger partial charge in [-0.25, -0.2) is 5.43 Å². The molecule has 6 heteroatoms. The van der Waals surface area contributed by atoms with Crippen molar-refractivity contribution in [3.8, 4) is 11.8 Å². The van der Waals surface area contributed by atoms with Gasteiger partial charge in [0.15, 0.2) is 6.61 Å². The van der Waals surface area contributed by atoms with Crippen LogP contribution in [-0.2, 0) is 11.2 Å². The normalized spacial score (nSPS) is 13.5. The largest absolute Gasteiger partial charge is 0.479 e. The first-order valence-corrected chi connectivity index (χ1v) is 8.93. The molecule has 0 aliphatic carbocycles. The number of aryl methyl sites for hydroxylation is 1. The number of carbonyl (C=O) groups is 1. The SMILES string of the molecule is C/C(=N/NC(=O)CN1CCCc2ccccc21)c1ccc(OCC#N)cc1. The summed E-state index contributed by atoms with van der Waals surface area (Å²) in [6, 6.07) is 17.4. The monoisotopic (exact) mass is 362 g/mol. The number of anilines is 1. The van der Waals surface area contributed by atoms with Crippen molar-refractivity contribution < 1.29 is 9.53 Å².